The highest BCUT2D eigenvalue weighted by Gasteiger charge is 2.19. The van der Waals surface area contributed by atoms with Gasteiger partial charge in [0.1, 0.15) is 16.5 Å². The zero-order valence-corrected chi connectivity index (χ0v) is 13.2. The molecular weight excluding hydrogens is 302 g/mol. The number of alkyl halides is 1. The van der Waals surface area contributed by atoms with Crippen molar-refractivity contribution in [2.45, 2.75) is 31.2 Å². The van der Waals surface area contributed by atoms with Crippen molar-refractivity contribution in [1.29, 1.82) is 0 Å². The van der Waals surface area contributed by atoms with Crippen LogP contribution in [0.1, 0.15) is 30.9 Å². The van der Waals surface area contributed by atoms with Gasteiger partial charge in [0.15, 0.2) is 9.84 Å². The van der Waals surface area contributed by atoms with Crippen molar-refractivity contribution in [3.05, 3.63) is 23.3 Å². The highest BCUT2D eigenvalue weighted by molar-refractivity contribution is 7.90. The molecule has 1 rings (SSSR count). The Morgan fingerprint density at radius 2 is 2.00 bits per heavy atom. The molecule has 1 amide bonds. The van der Waals surface area contributed by atoms with E-state index in [1.165, 1.54) is 6.07 Å². The number of carbonyl (C=O) groups excluding carboxylic acids is 1. The third-order valence-electron chi connectivity index (χ3n) is 2.84. The van der Waals surface area contributed by atoms with Gasteiger partial charge in [0.2, 0.25) is 5.91 Å². The van der Waals surface area contributed by atoms with E-state index in [0.717, 1.165) is 11.8 Å². The molecule has 0 saturated heterocycles. The molecule has 112 valence electrons. The second-order valence-corrected chi connectivity index (χ2v) is 7.12. The number of nitrogens with one attached hydrogen (secondary N) is 1. The standard InChI is InChI=1S/C13H18ClNO4S/c1-8(2)9-4-10(7-15-12(16)6-14)13(17)11(5-9)20(3,18)19/h4-5,8,17H,6-7H2,1-3H3,(H,15,16). The van der Waals surface area contributed by atoms with Gasteiger partial charge in [0.05, 0.1) is 0 Å². The number of aromatic hydroxyl groups is 1. The molecule has 0 saturated carbocycles. The summed E-state index contributed by atoms with van der Waals surface area (Å²) in [5, 5.41) is 12.6. The van der Waals surface area contributed by atoms with E-state index in [-0.39, 0.29) is 34.9 Å². The van der Waals surface area contributed by atoms with Crippen LogP contribution < -0.4 is 5.32 Å². The molecule has 2 N–H and O–H groups in total. The van der Waals surface area contributed by atoms with Crippen molar-refractivity contribution >= 4 is 27.3 Å². The first-order valence-corrected chi connectivity index (χ1v) is 8.48. The largest absolute Gasteiger partial charge is 0.506 e. The summed E-state index contributed by atoms with van der Waals surface area (Å²) in [6.07, 6.45) is 1.04. The second kappa shape index (κ2) is 6.45. The summed E-state index contributed by atoms with van der Waals surface area (Å²) in [6.45, 7) is 3.86. The average molecular weight is 320 g/mol. The molecule has 20 heavy (non-hydrogen) atoms. The third-order valence-corrected chi connectivity index (χ3v) is 4.19. The van der Waals surface area contributed by atoms with Crippen molar-refractivity contribution in [3.63, 3.8) is 0 Å². The molecule has 0 aliphatic heterocycles. The minimum Gasteiger partial charge on any atom is -0.506 e. The molecule has 0 unspecified atom stereocenters. The molecule has 0 heterocycles. The van der Waals surface area contributed by atoms with Gasteiger partial charge in [-0.2, -0.15) is 0 Å². The van der Waals surface area contributed by atoms with Gasteiger partial charge in [-0.15, -0.1) is 11.6 Å². The third kappa shape index (κ3) is 4.11. The second-order valence-electron chi connectivity index (χ2n) is 4.86. The Morgan fingerprint density at radius 1 is 1.40 bits per heavy atom. The lowest BCUT2D eigenvalue weighted by molar-refractivity contribution is -0.118. The van der Waals surface area contributed by atoms with Crippen molar-refractivity contribution in [2.75, 3.05) is 12.1 Å². The van der Waals surface area contributed by atoms with Crippen LogP contribution in [0.5, 0.6) is 5.75 Å². The van der Waals surface area contributed by atoms with Crippen LogP contribution in [-0.2, 0) is 21.2 Å². The maximum Gasteiger partial charge on any atom is 0.235 e. The fourth-order valence-electron chi connectivity index (χ4n) is 1.68. The zero-order chi connectivity index (χ0) is 15.5. The van der Waals surface area contributed by atoms with Crippen molar-refractivity contribution in [2.24, 2.45) is 0 Å². The number of amides is 1. The fourth-order valence-corrected chi connectivity index (χ4v) is 2.61. The Bertz CT molecular complexity index is 611. The Balaban J connectivity index is 3.29. The van der Waals surface area contributed by atoms with E-state index in [1.807, 2.05) is 13.8 Å². The topological polar surface area (TPSA) is 83.5 Å². The predicted octanol–water partition coefficient (Wildman–Crippen LogP) is 1.77. The monoisotopic (exact) mass is 319 g/mol. The molecule has 7 heteroatoms. The van der Waals surface area contributed by atoms with E-state index in [9.17, 15) is 18.3 Å². The SMILES string of the molecule is CC(C)c1cc(CNC(=O)CCl)c(O)c(S(C)(=O)=O)c1. The fraction of sp³-hybridized carbons (Fsp3) is 0.462. The summed E-state index contributed by atoms with van der Waals surface area (Å²) in [7, 11) is -3.54. The number of phenols is 1. The van der Waals surface area contributed by atoms with E-state index < -0.39 is 9.84 Å². The smallest absolute Gasteiger partial charge is 0.235 e. The van der Waals surface area contributed by atoms with Gasteiger partial charge in [0.25, 0.3) is 0 Å². The lowest BCUT2D eigenvalue weighted by Gasteiger charge is -2.14. The molecule has 1 aromatic rings. The van der Waals surface area contributed by atoms with Crippen LogP contribution in [0, 0.1) is 0 Å². The van der Waals surface area contributed by atoms with E-state index in [1.54, 1.807) is 6.07 Å². The van der Waals surface area contributed by atoms with Gasteiger partial charge >= 0.3 is 0 Å². The first kappa shape index (κ1) is 16.8. The highest BCUT2D eigenvalue weighted by atomic mass is 35.5. The van der Waals surface area contributed by atoms with Crippen molar-refractivity contribution in [1.82, 2.24) is 5.32 Å². The summed E-state index contributed by atoms with van der Waals surface area (Å²) in [4.78, 5) is 11.0. The van der Waals surface area contributed by atoms with E-state index in [0.29, 0.717) is 5.56 Å². The number of hydrogen-bond acceptors (Lipinski definition) is 4. The maximum atomic E-state index is 11.7. The highest BCUT2D eigenvalue weighted by Crippen LogP contribution is 2.31. The molecule has 1 aromatic carbocycles. The first-order chi connectivity index (χ1) is 9.16. The van der Waals surface area contributed by atoms with Gasteiger partial charge in [0, 0.05) is 18.4 Å². The Morgan fingerprint density at radius 3 is 2.45 bits per heavy atom. The lowest BCUT2D eigenvalue weighted by atomic mass is 10.00. The van der Waals surface area contributed by atoms with Gasteiger partial charge in [-0.1, -0.05) is 13.8 Å². The molecule has 5 nitrogen and oxygen atoms in total. The summed E-state index contributed by atoms with van der Waals surface area (Å²) < 4.78 is 23.4. The van der Waals surface area contributed by atoms with E-state index in [2.05, 4.69) is 5.32 Å². The van der Waals surface area contributed by atoms with Crippen LogP contribution in [-0.4, -0.2) is 31.6 Å². The van der Waals surface area contributed by atoms with Gasteiger partial charge < -0.3 is 10.4 Å². The Labute approximate surface area is 123 Å². The molecule has 0 bridgehead atoms. The minimum atomic E-state index is -3.54. The van der Waals surface area contributed by atoms with Crippen LogP contribution in [0.15, 0.2) is 17.0 Å². The van der Waals surface area contributed by atoms with Gasteiger partial charge in [-0.3, -0.25) is 4.79 Å². The molecule has 0 atom stereocenters. The van der Waals surface area contributed by atoms with E-state index >= 15 is 0 Å². The molecule has 0 aliphatic rings. The van der Waals surface area contributed by atoms with Crippen LogP contribution in [0.25, 0.3) is 0 Å². The molecule has 0 aliphatic carbocycles. The lowest BCUT2D eigenvalue weighted by Crippen LogP contribution is -2.24. The van der Waals surface area contributed by atoms with Crippen LogP contribution in [0.2, 0.25) is 0 Å². The normalized spacial score (nSPS) is 11.7. The quantitative estimate of drug-likeness (QED) is 0.810. The van der Waals surface area contributed by atoms with Crippen molar-refractivity contribution in [3.8, 4) is 5.75 Å². The molecule has 0 fully saturated rings. The summed E-state index contributed by atoms with van der Waals surface area (Å²) in [6, 6.07) is 3.14. The number of phenolic OH excluding ortho intramolecular Hbond substituents is 1. The van der Waals surface area contributed by atoms with Crippen LogP contribution in [0.4, 0.5) is 0 Å². The zero-order valence-electron chi connectivity index (χ0n) is 11.6. The summed E-state index contributed by atoms with van der Waals surface area (Å²) in [5.41, 5.74) is 1.13. The van der Waals surface area contributed by atoms with Crippen molar-refractivity contribution < 1.29 is 18.3 Å². The number of hydrogen-bond donors (Lipinski definition) is 2. The Kier molecular flexibility index (Phi) is 5.42. The molecule has 0 radical (unpaired) electrons. The number of benzene rings is 1. The average Bonchev–Trinajstić information content (AvgIpc) is 2.35. The van der Waals surface area contributed by atoms with Crippen LogP contribution >= 0.6 is 11.6 Å². The molecule has 0 aromatic heterocycles. The number of rotatable bonds is 5. The van der Waals surface area contributed by atoms with E-state index in [4.69, 9.17) is 11.6 Å². The summed E-state index contributed by atoms with van der Waals surface area (Å²) in [5.74, 6) is -0.809. The first-order valence-electron chi connectivity index (χ1n) is 6.05. The van der Waals surface area contributed by atoms with Gasteiger partial charge in [-0.25, -0.2) is 8.42 Å². The Hall–Kier alpha value is -1.27. The minimum absolute atomic E-state index is 0.0282. The number of carbonyl (C=O) groups is 1. The number of sulfone groups is 1. The molecular formula is C13H18ClNO4S. The summed E-state index contributed by atoms with van der Waals surface area (Å²) >= 11 is 5.37. The van der Waals surface area contributed by atoms with Crippen LogP contribution in [0.3, 0.4) is 0 Å². The molecule has 0 spiro atoms. The van der Waals surface area contributed by atoms with Gasteiger partial charge in [-0.05, 0) is 23.6 Å². The maximum absolute atomic E-state index is 11.7. The predicted molar refractivity (Wildman–Crippen MR) is 77.9 cm³/mol. The number of halogens is 1.